The van der Waals surface area contributed by atoms with E-state index in [1.807, 2.05) is 6.20 Å². The fraction of sp³-hybridized carbons (Fsp3) is 0.562. The van der Waals surface area contributed by atoms with Gasteiger partial charge in [0.2, 0.25) is 0 Å². The second kappa shape index (κ2) is 7.81. The number of likely N-dealkylation sites (N-methyl/N-ethyl adjacent to an activating group) is 1. The van der Waals surface area contributed by atoms with Crippen LogP contribution in [0.4, 0.5) is 0 Å². The van der Waals surface area contributed by atoms with Crippen molar-refractivity contribution in [3.05, 3.63) is 40.1 Å². The van der Waals surface area contributed by atoms with Gasteiger partial charge in [-0.05, 0) is 66.7 Å². The SMILES string of the molecule is CCNC(CC1=CCCCC1)Cc1ccc(Br)cn1. The first-order valence-electron chi connectivity index (χ1n) is 7.29. The van der Waals surface area contributed by atoms with Gasteiger partial charge in [-0.3, -0.25) is 4.98 Å². The zero-order valence-electron chi connectivity index (χ0n) is 11.7. The average Bonchev–Trinajstić information content (AvgIpc) is 2.43. The quantitative estimate of drug-likeness (QED) is 0.792. The molecule has 1 aliphatic carbocycles. The van der Waals surface area contributed by atoms with E-state index in [-0.39, 0.29) is 0 Å². The first kappa shape index (κ1) is 14.7. The molecule has 2 nitrogen and oxygen atoms in total. The van der Waals surface area contributed by atoms with Crippen LogP contribution in [0.25, 0.3) is 0 Å². The molecule has 1 aliphatic rings. The molecule has 0 saturated heterocycles. The van der Waals surface area contributed by atoms with E-state index in [0.717, 1.165) is 17.4 Å². The molecule has 1 aromatic heterocycles. The number of allylic oxidation sites excluding steroid dienone is 1. The van der Waals surface area contributed by atoms with Crippen LogP contribution in [0.2, 0.25) is 0 Å². The van der Waals surface area contributed by atoms with Gasteiger partial charge in [-0.2, -0.15) is 0 Å². The van der Waals surface area contributed by atoms with Gasteiger partial charge in [-0.1, -0.05) is 18.6 Å². The molecule has 0 spiro atoms. The summed E-state index contributed by atoms with van der Waals surface area (Å²) in [6, 6.07) is 4.71. The summed E-state index contributed by atoms with van der Waals surface area (Å²) in [6.45, 7) is 3.20. The Labute approximate surface area is 124 Å². The van der Waals surface area contributed by atoms with Gasteiger partial charge in [0.25, 0.3) is 0 Å². The van der Waals surface area contributed by atoms with Crippen LogP contribution in [-0.2, 0) is 6.42 Å². The van der Waals surface area contributed by atoms with Crippen LogP contribution in [0.5, 0.6) is 0 Å². The predicted molar refractivity (Wildman–Crippen MR) is 84.3 cm³/mol. The highest BCUT2D eigenvalue weighted by Gasteiger charge is 2.13. The molecule has 1 aromatic rings. The van der Waals surface area contributed by atoms with Crippen molar-refractivity contribution < 1.29 is 0 Å². The Balaban J connectivity index is 1.95. The van der Waals surface area contributed by atoms with Crippen LogP contribution in [0.15, 0.2) is 34.5 Å². The van der Waals surface area contributed by atoms with Crippen LogP contribution in [0, 0.1) is 0 Å². The maximum absolute atomic E-state index is 4.49. The summed E-state index contributed by atoms with van der Waals surface area (Å²) in [5.74, 6) is 0. The maximum atomic E-state index is 4.49. The Kier molecular flexibility index (Phi) is 6.05. The van der Waals surface area contributed by atoms with Crippen LogP contribution in [0.3, 0.4) is 0 Å². The van der Waals surface area contributed by atoms with E-state index < -0.39 is 0 Å². The highest BCUT2D eigenvalue weighted by Crippen LogP contribution is 2.22. The number of hydrogen-bond donors (Lipinski definition) is 1. The predicted octanol–water partition coefficient (Wildman–Crippen LogP) is 4.26. The topological polar surface area (TPSA) is 24.9 Å². The van der Waals surface area contributed by atoms with Crippen molar-refractivity contribution in [2.75, 3.05) is 6.54 Å². The Morgan fingerprint density at radius 2 is 2.21 bits per heavy atom. The minimum absolute atomic E-state index is 0.517. The van der Waals surface area contributed by atoms with E-state index >= 15 is 0 Å². The van der Waals surface area contributed by atoms with E-state index in [2.05, 4.69) is 51.4 Å². The molecule has 0 amide bonds. The molecule has 19 heavy (non-hydrogen) atoms. The summed E-state index contributed by atoms with van der Waals surface area (Å²) in [7, 11) is 0. The monoisotopic (exact) mass is 322 g/mol. The zero-order chi connectivity index (χ0) is 13.5. The second-order valence-electron chi connectivity index (χ2n) is 5.24. The third-order valence-electron chi connectivity index (χ3n) is 3.63. The van der Waals surface area contributed by atoms with Crippen molar-refractivity contribution in [1.29, 1.82) is 0 Å². The molecule has 3 heteroatoms. The van der Waals surface area contributed by atoms with Crippen molar-refractivity contribution in [1.82, 2.24) is 10.3 Å². The number of aromatic nitrogens is 1. The largest absolute Gasteiger partial charge is 0.314 e. The fourth-order valence-corrected chi connectivity index (χ4v) is 2.93. The maximum Gasteiger partial charge on any atom is 0.0420 e. The van der Waals surface area contributed by atoms with Gasteiger partial charge in [-0.25, -0.2) is 0 Å². The molecule has 1 atom stereocenters. The molecular formula is C16H23BrN2. The van der Waals surface area contributed by atoms with E-state index in [1.54, 1.807) is 5.57 Å². The number of pyridine rings is 1. The number of rotatable bonds is 6. The fourth-order valence-electron chi connectivity index (χ4n) is 2.69. The lowest BCUT2D eigenvalue weighted by Crippen LogP contribution is -2.31. The lowest BCUT2D eigenvalue weighted by molar-refractivity contribution is 0.500. The molecule has 1 unspecified atom stereocenters. The molecule has 2 rings (SSSR count). The van der Waals surface area contributed by atoms with E-state index in [0.29, 0.717) is 6.04 Å². The van der Waals surface area contributed by atoms with Gasteiger partial charge < -0.3 is 5.32 Å². The summed E-state index contributed by atoms with van der Waals surface area (Å²) in [5.41, 5.74) is 2.81. The van der Waals surface area contributed by atoms with E-state index in [4.69, 9.17) is 0 Å². The van der Waals surface area contributed by atoms with Crippen LogP contribution >= 0.6 is 15.9 Å². The van der Waals surface area contributed by atoms with Crippen molar-refractivity contribution in [3.63, 3.8) is 0 Å². The van der Waals surface area contributed by atoms with Crippen LogP contribution in [-0.4, -0.2) is 17.6 Å². The molecule has 104 valence electrons. The Hall–Kier alpha value is -0.670. The molecule has 0 fully saturated rings. The Morgan fingerprint density at radius 3 is 2.84 bits per heavy atom. The normalized spacial score (nSPS) is 17.1. The van der Waals surface area contributed by atoms with Crippen molar-refractivity contribution in [3.8, 4) is 0 Å². The molecule has 1 N–H and O–H groups in total. The minimum atomic E-state index is 0.517. The Bertz CT molecular complexity index is 411. The highest BCUT2D eigenvalue weighted by molar-refractivity contribution is 9.10. The van der Waals surface area contributed by atoms with Crippen molar-refractivity contribution in [2.24, 2.45) is 0 Å². The van der Waals surface area contributed by atoms with Gasteiger partial charge in [0.1, 0.15) is 0 Å². The zero-order valence-corrected chi connectivity index (χ0v) is 13.2. The molecule has 0 bridgehead atoms. The molecule has 0 radical (unpaired) electrons. The molecule has 0 aromatic carbocycles. The van der Waals surface area contributed by atoms with Gasteiger partial charge in [-0.15, -0.1) is 0 Å². The van der Waals surface area contributed by atoms with Crippen molar-refractivity contribution >= 4 is 15.9 Å². The summed E-state index contributed by atoms with van der Waals surface area (Å²) in [4.78, 5) is 4.49. The number of nitrogens with zero attached hydrogens (tertiary/aromatic N) is 1. The molecule has 1 heterocycles. The number of halogens is 1. The second-order valence-corrected chi connectivity index (χ2v) is 6.15. The molecular weight excluding hydrogens is 300 g/mol. The third-order valence-corrected chi connectivity index (χ3v) is 4.10. The minimum Gasteiger partial charge on any atom is -0.314 e. The third kappa shape index (κ3) is 5.07. The summed E-state index contributed by atoms with van der Waals surface area (Å²) >= 11 is 3.43. The highest BCUT2D eigenvalue weighted by atomic mass is 79.9. The lowest BCUT2D eigenvalue weighted by Gasteiger charge is -2.21. The van der Waals surface area contributed by atoms with E-state index in [9.17, 15) is 0 Å². The van der Waals surface area contributed by atoms with Crippen molar-refractivity contribution in [2.45, 2.75) is 51.5 Å². The smallest absolute Gasteiger partial charge is 0.0420 e. The van der Waals surface area contributed by atoms with Gasteiger partial charge in [0, 0.05) is 28.8 Å². The standard InChI is InChI=1S/C16H23BrN2/c1-2-18-16(10-13-6-4-3-5-7-13)11-15-9-8-14(17)12-19-15/h6,8-9,12,16,18H,2-5,7,10-11H2,1H3. The average molecular weight is 323 g/mol. The van der Waals surface area contributed by atoms with Crippen LogP contribution < -0.4 is 5.32 Å². The summed E-state index contributed by atoms with van der Waals surface area (Å²) < 4.78 is 1.05. The van der Waals surface area contributed by atoms with Gasteiger partial charge >= 0.3 is 0 Å². The van der Waals surface area contributed by atoms with Gasteiger partial charge in [0.05, 0.1) is 0 Å². The Morgan fingerprint density at radius 1 is 1.32 bits per heavy atom. The lowest BCUT2D eigenvalue weighted by atomic mass is 9.92. The first-order valence-corrected chi connectivity index (χ1v) is 8.09. The number of hydrogen-bond acceptors (Lipinski definition) is 2. The van der Waals surface area contributed by atoms with Gasteiger partial charge in [0.15, 0.2) is 0 Å². The van der Waals surface area contributed by atoms with Crippen LogP contribution in [0.1, 0.15) is 44.7 Å². The summed E-state index contributed by atoms with van der Waals surface area (Å²) in [6.07, 6.45) is 11.8. The first-order chi connectivity index (χ1) is 9.28. The summed E-state index contributed by atoms with van der Waals surface area (Å²) in [5, 5.41) is 3.60. The van der Waals surface area contributed by atoms with E-state index in [1.165, 1.54) is 37.8 Å². The molecule has 0 aliphatic heterocycles. The molecule has 0 saturated carbocycles. The number of nitrogens with one attached hydrogen (secondary N) is 1.